The Morgan fingerprint density at radius 3 is 2.55 bits per heavy atom. The topological polar surface area (TPSA) is 96.7 Å². The molecule has 0 atom stereocenters. The van der Waals surface area contributed by atoms with Gasteiger partial charge in [0, 0.05) is 25.6 Å². The van der Waals surface area contributed by atoms with Crippen LogP contribution < -0.4 is 10.9 Å². The van der Waals surface area contributed by atoms with Crippen molar-refractivity contribution >= 4 is 11.7 Å². The summed E-state index contributed by atoms with van der Waals surface area (Å²) in [6, 6.07) is 11.4. The number of piperidine rings is 1. The molecule has 31 heavy (non-hydrogen) atoms. The van der Waals surface area contributed by atoms with Gasteiger partial charge in [-0.1, -0.05) is 30.3 Å². The first kappa shape index (κ1) is 21.5. The number of rotatable bonds is 7. The summed E-state index contributed by atoms with van der Waals surface area (Å²) >= 11 is 0. The minimum atomic E-state index is -1.02. The molecule has 0 unspecified atom stereocenters. The van der Waals surface area contributed by atoms with Gasteiger partial charge in [0.1, 0.15) is 5.82 Å². The van der Waals surface area contributed by atoms with Crippen molar-refractivity contribution in [3.05, 3.63) is 58.6 Å². The van der Waals surface area contributed by atoms with Crippen molar-refractivity contribution in [2.75, 3.05) is 31.6 Å². The van der Waals surface area contributed by atoms with Crippen LogP contribution in [-0.2, 0) is 22.5 Å². The lowest BCUT2D eigenvalue weighted by Gasteiger charge is -2.39. The first-order chi connectivity index (χ1) is 14.8. The Balaban J connectivity index is 1.29. The summed E-state index contributed by atoms with van der Waals surface area (Å²) in [6.07, 6.45) is 3.53. The molecule has 8 nitrogen and oxygen atoms in total. The summed E-state index contributed by atoms with van der Waals surface area (Å²) in [7, 11) is 0. The maximum atomic E-state index is 12.5. The molecule has 2 aliphatic rings. The van der Waals surface area contributed by atoms with Gasteiger partial charge in [-0.3, -0.25) is 14.2 Å². The van der Waals surface area contributed by atoms with Crippen LogP contribution >= 0.6 is 0 Å². The van der Waals surface area contributed by atoms with E-state index in [0.29, 0.717) is 57.8 Å². The summed E-state index contributed by atoms with van der Waals surface area (Å²) in [4.78, 5) is 31.2. The third kappa shape index (κ3) is 5.32. The molecule has 0 radical (unpaired) electrons. The number of hydrogen-bond acceptors (Lipinski definition) is 6. The van der Waals surface area contributed by atoms with Gasteiger partial charge in [-0.05, 0) is 31.7 Å². The highest BCUT2D eigenvalue weighted by Crippen LogP contribution is 2.25. The third-order valence-corrected chi connectivity index (χ3v) is 6.13. The number of likely N-dealkylation sites (tertiary alicyclic amines) is 1. The first-order valence-corrected chi connectivity index (χ1v) is 10.8. The number of aromatic nitrogens is 2. The molecule has 1 amide bonds. The Morgan fingerprint density at radius 2 is 1.94 bits per heavy atom. The molecule has 0 saturated carbocycles. The average molecular weight is 427 g/mol. The lowest BCUT2D eigenvalue weighted by molar-refractivity contribution is -0.135. The number of amides is 1. The number of benzene rings is 1. The molecule has 0 spiro atoms. The molecule has 1 aromatic carbocycles. The molecule has 4 rings (SSSR count). The normalized spacial score (nSPS) is 19.5. The molecule has 2 aromatic rings. The van der Waals surface area contributed by atoms with Crippen molar-refractivity contribution in [2.24, 2.45) is 0 Å². The second kappa shape index (κ2) is 8.80. The van der Waals surface area contributed by atoms with Crippen molar-refractivity contribution in [1.29, 1.82) is 0 Å². The molecule has 0 aliphatic carbocycles. The Kier molecular flexibility index (Phi) is 6.11. The fraction of sp³-hybridized carbons (Fsp3) is 0.522. The van der Waals surface area contributed by atoms with Gasteiger partial charge in [-0.15, -0.1) is 0 Å². The maximum Gasteiger partial charge on any atom is 0.255 e. The van der Waals surface area contributed by atoms with Gasteiger partial charge in [-0.2, -0.15) is 0 Å². The number of nitrogens with one attached hydrogen (secondary N) is 1. The molecule has 2 saturated heterocycles. The number of aliphatic hydroxyl groups is 1. The fourth-order valence-electron chi connectivity index (χ4n) is 4.10. The van der Waals surface area contributed by atoms with Crippen LogP contribution in [0.2, 0.25) is 0 Å². The number of carbonyl (C=O) groups excluding carboxylic acids is 1. The Morgan fingerprint density at radius 1 is 1.23 bits per heavy atom. The van der Waals surface area contributed by atoms with E-state index in [4.69, 9.17) is 4.74 Å². The predicted molar refractivity (Wildman–Crippen MR) is 117 cm³/mol. The molecule has 1 aromatic heterocycles. The fourth-order valence-corrected chi connectivity index (χ4v) is 4.10. The molecule has 2 fully saturated rings. The molecule has 2 N–H and O–H groups in total. The Hall–Kier alpha value is -2.71. The van der Waals surface area contributed by atoms with E-state index in [1.165, 1.54) is 17.0 Å². The summed E-state index contributed by atoms with van der Waals surface area (Å²) in [6.45, 7) is 4.33. The van der Waals surface area contributed by atoms with Gasteiger partial charge in [-0.25, -0.2) is 4.98 Å². The van der Waals surface area contributed by atoms with E-state index in [1.807, 2.05) is 42.2 Å². The van der Waals surface area contributed by atoms with Crippen LogP contribution in [0.1, 0.15) is 31.7 Å². The average Bonchev–Trinajstić information content (AvgIpc) is 2.74. The predicted octanol–water partition coefficient (Wildman–Crippen LogP) is 1.43. The largest absolute Gasteiger partial charge is 0.388 e. The molecule has 3 heterocycles. The molecular formula is C23H30N4O4. The molecule has 166 valence electrons. The molecular weight excluding hydrogens is 396 g/mol. The number of hydrogen-bond donors (Lipinski definition) is 2. The van der Waals surface area contributed by atoms with Gasteiger partial charge < -0.3 is 20.1 Å². The monoisotopic (exact) mass is 426 g/mol. The van der Waals surface area contributed by atoms with E-state index in [0.717, 1.165) is 5.56 Å². The van der Waals surface area contributed by atoms with Crippen LogP contribution in [0.5, 0.6) is 0 Å². The zero-order valence-electron chi connectivity index (χ0n) is 17.9. The lowest BCUT2D eigenvalue weighted by Crippen LogP contribution is -2.53. The quantitative estimate of drug-likeness (QED) is 0.695. The van der Waals surface area contributed by atoms with E-state index < -0.39 is 5.60 Å². The van der Waals surface area contributed by atoms with E-state index in [-0.39, 0.29) is 23.6 Å². The number of nitrogens with zero attached hydrogens (tertiary/aromatic N) is 3. The second-order valence-electron chi connectivity index (χ2n) is 9.01. The van der Waals surface area contributed by atoms with Gasteiger partial charge in [0.15, 0.2) is 0 Å². The maximum absolute atomic E-state index is 12.5. The van der Waals surface area contributed by atoms with Gasteiger partial charge >= 0.3 is 0 Å². The van der Waals surface area contributed by atoms with Crippen LogP contribution in [0.25, 0.3) is 0 Å². The highest BCUT2D eigenvalue weighted by Gasteiger charge is 2.35. The van der Waals surface area contributed by atoms with Crippen LogP contribution in [0.3, 0.4) is 0 Å². The minimum Gasteiger partial charge on any atom is -0.388 e. The number of aryl methyl sites for hydroxylation is 1. The zero-order valence-corrected chi connectivity index (χ0v) is 17.9. The van der Waals surface area contributed by atoms with Crippen molar-refractivity contribution in [2.45, 2.75) is 50.3 Å². The number of ether oxygens (including phenoxy) is 1. The van der Waals surface area contributed by atoms with Gasteiger partial charge in [0.05, 0.1) is 37.2 Å². The van der Waals surface area contributed by atoms with Gasteiger partial charge in [0.25, 0.3) is 5.56 Å². The second-order valence-corrected chi connectivity index (χ2v) is 9.01. The third-order valence-electron chi connectivity index (χ3n) is 6.13. The van der Waals surface area contributed by atoms with Crippen molar-refractivity contribution in [3.63, 3.8) is 0 Å². The molecule has 8 heteroatoms. The van der Waals surface area contributed by atoms with E-state index in [2.05, 4.69) is 10.3 Å². The summed E-state index contributed by atoms with van der Waals surface area (Å²) in [5, 5.41) is 14.2. The lowest BCUT2D eigenvalue weighted by atomic mass is 9.91. The summed E-state index contributed by atoms with van der Waals surface area (Å²) < 4.78 is 6.65. The zero-order chi connectivity index (χ0) is 21.9. The highest BCUT2D eigenvalue weighted by atomic mass is 16.5. The SMILES string of the molecule is CC1(Nc2cc(=O)n(CC3(O)CCN(C(=O)CCc4ccccc4)CC3)cn2)COC1. The summed E-state index contributed by atoms with van der Waals surface area (Å²) in [5.74, 6) is 0.617. The van der Waals surface area contributed by atoms with Crippen molar-refractivity contribution in [3.8, 4) is 0 Å². The van der Waals surface area contributed by atoms with E-state index in [1.54, 1.807) is 0 Å². The Labute approximate surface area is 181 Å². The van der Waals surface area contributed by atoms with Crippen molar-refractivity contribution in [1.82, 2.24) is 14.5 Å². The van der Waals surface area contributed by atoms with Crippen LogP contribution in [0, 0.1) is 0 Å². The highest BCUT2D eigenvalue weighted by molar-refractivity contribution is 5.76. The Bertz CT molecular complexity index is 963. The van der Waals surface area contributed by atoms with Crippen molar-refractivity contribution < 1.29 is 14.6 Å². The van der Waals surface area contributed by atoms with E-state index >= 15 is 0 Å². The van der Waals surface area contributed by atoms with Gasteiger partial charge in [0.2, 0.25) is 5.91 Å². The summed E-state index contributed by atoms with van der Waals surface area (Å²) in [5.41, 5.74) is -0.280. The molecule has 0 bridgehead atoms. The first-order valence-electron chi connectivity index (χ1n) is 10.8. The van der Waals surface area contributed by atoms with Crippen LogP contribution in [0.15, 0.2) is 47.5 Å². The molecule has 2 aliphatic heterocycles. The number of carbonyl (C=O) groups is 1. The smallest absolute Gasteiger partial charge is 0.255 e. The van der Waals surface area contributed by atoms with Crippen LogP contribution in [-0.4, -0.2) is 62.9 Å². The standard InChI is InChI=1S/C23H30N4O4/c1-22(15-31-16-22)25-19-13-21(29)27(17-24-19)14-23(30)9-11-26(12-10-23)20(28)8-7-18-5-3-2-4-6-18/h2-6,13,17,25,30H,7-12,14-16H2,1H3. The van der Waals surface area contributed by atoms with E-state index in [9.17, 15) is 14.7 Å². The minimum absolute atomic E-state index is 0.105. The number of anilines is 1. The van der Waals surface area contributed by atoms with Crippen LogP contribution in [0.4, 0.5) is 5.82 Å².